The second kappa shape index (κ2) is 6.40. The Bertz CT molecular complexity index is 1080. The molecular weight excluding hydrogens is 330 g/mol. The van der Waals surface area contributed by atoms with Crippen molar-refractivity contribution in [2.75, 3.05) is 0 Å². The number of primary amides is 1. The molecule has 0 fully saturated rings. The van der Waals surface area contributed by atoms with E-state index in [-0.39, 0.29) is 6.42 Å². The molecule has 26 heavy (non-hydrogen) atoms. The van der Waals surface area contributed by atoms with Crippen LogP contribution in [0.3, 0.4) is 0 Å². The number of hydrogen-bond acceptors (Lipinski definition) is 5. The van der Waals surface area contributed by atoms with Crippen LogP contribution in [0, 0.1) is 6.92 Å². The summed E-state index contributed by atoms with van der Waals surface area (Å²) in [4.78, 5) is 27.7. The molecule has 0 bridgehead atoms. The number of nitrogens with two attached hydrogens (primary N) is 1. The standard InChI is InChI=1S/C18H17N7O/c1-11-21-13-6-5-12(8-14(13)22-11)9-18-23-16(10-15(19)26)24-25(18)17-4-2-3-7-20-17/h2-8H,9-10H2,1H3,(H2,19,26)(H,21,22). The molecule has 0 aliphatic carbocycles. The third-order valence-corrected chi connectivity index (χ3v) is 3.94. The lowest BCUT2D eigenvalue weighted by molar-refractivity contribution is -0.117. The molecule has 130 valence electrons. The van der Waals surface area contributed by atoms with E-state index in [9.17, 15) is 4.79 Å². The predicted molar refractivity (Wildman–Crippen MR) is 95.7 cm³/mol. The van der Waals surface area contributed by atoms with E-state index in [1.165, 1.54) is 0 Å². The Labute approximate surface area is 149 Å². The van der Waals surface area contributed by atoms with Gasteiger partial charge in [-0.2, -0.15) is 4.68 Å². The van der Waals surface area contributed by atoms with Gasteiger partial charge in [0.15, 0.2) is 11.6 Å². The molecule has 0 spiro atoms. The van der Waals surface area contributed by atoms with Crippen molar-refractivity contribution in [1.82, 2.24) is 29.7 Å². The summed E-state index contributed by atoms with van der Waals surface area (Å²) < 4.78 is 1.65. The molecule has 3 N–H and O–H groups in total. The number of aromatic nitrogens is 6. The van der Waals surface area contributed by atoms with Crippen LogP contribution in [0.1, 0.15) is 23.0 Å². The second-order valence-corrected chi connectivity index (χ2v) is 6.04. The lowest BCUT2D eigenvalue weighted by atomic mass is 10.1. The van der Waals surface area contributed by atoms with Gasteiger partial charge < -0.3 is 10.7 Å². The van der Waals surface area contributed by atoms with E-state index < -0.39 is 5.91 Å². The van der Waals surface area contributed by atoms with Crippen LogP contribution in [0.25, 0.3) is 16.9 Å². The minimum absolute atomic E-state index is 0.00832. The number of H-pyrrole nitrogens is 1. The summed E-state index contributed by atoms with van der Waals surface area (Å²) in [5.74, 6) is 2.12. The molecule has 0 aliphatic heterocycles. The quantitative estimate of drug-likeness (QED) is 0.567. The van der Waals surface area contributed by atoms with Gasteiger partial charge in [0, 0.05) is 12.6 Å². The number of pyridine rings is 1. The van der Waals surface area contributed by atoms with Crippen LogP contribution >= 0.6 is 0 Å². The zero-order valence-electron chi connectivity index (χ0n) is 14.2. The average Bonchev–Trinajstić information content (AvgIpc) is 3.17. The molecule has 0 saturated carbocycles. The third kappa shape index (κ3) is 3.16. The first kappa shape index (κ1) is 15.9. The molecule has 0 radical (unpaired) electrons. The molecule has 0 atom stereocenters. The summed E-state index contributed by atoms with van der Waals surface area (Å²) in [5, 5.41) is 4.41. The van der Waals surface area contributed by atoms with Gasteiger partial charge in [0.2, 0.25) is 5.91 Å². The Kier molecular flexibility index (Phi) is 3.92. The van der Waals surface area contributed by atoms with Crippen molar-refractivity contribution in [3.63, 3.8) is 0 Å². The first-order valence-electron chi connectivity index (χ1n) is 8.18. The van der Waals surface area contributed by atoms with E-state index in [4.69, 9.17) is 5.73 Å². The largest absolute Gasteiger partial charge is 0.369 e. The Balaban J connectivity index is 1.73. The number of benzene rings is 1. The fourth-order valence-corrected chi connectivity index (χ4v) is 2.88. The molecule has 8 heteroatoms. The van der Waals surface area contributed by atoms with E-state index >= 15 is 0 Å². The number of aromatic amines is 1. The van der Waals surface area contributed by atoms with Gasteiger partial charge in [0.05, 0.1) is 17.5 Å². The summed E-state index contributed by atoms with van der Waals surface area (Å²) >= 11 is 0. The van der Waals surface area contributed by atoms with Gasteiger partial charge in [-0.15, -0.1) is 5.10 Å². The van der Waals surface area contributed by atoms with Gasteiger partial charge in [-0.1, -0.05) is 12.1 Å². The Morgan fingerprint density at radius 2 is 2.12 bits per heavy atom. The van der Waals surface area contributed by atoms with Gasteiger partial charge in [-0.25, -0.2) is 15.0 Å². The lowest BCUT2D eigenvalue weighted by Gasteiger charge is -2.05. The minimum Gasteiger partial charge on any atom is -0.369 e. The highest BCUT2D eigenvalue weighted by Crippen LogP contribution is 2.17. The van der Waals surface area contributed by atoms with Crippen molar-refractivity contribution in [3.8, 4) is 5.82 Å². The van der Waals surface area contributed by atoms with Crippen LogP contribution in [0.2, 0.25) is 0 Å². The Hall–Kier alpha value is -3.55. The van der Waals surface area contributed by atoms with Crippen LogP contribution in [0.4, 0.5) is 0 Å². The number of aryl methyl sites for hydroxylation is 1. The van der Waals surface area contributed by atoms with E-state index in [1.54, 1.807) is 10.9 Å². The van der Waals surface area contributed by atoms with Crippen molar-refractivity contribution in [2.24, 2.45) is 5.73 Å². The summed E-state index contributed by atoms with van der Waals surface area (Å²) in [6, 6.07) is 11.6. The van der Waals surface area contributed by atoms with Gasteiger partial charge in [0.25, 0.3) is 0 Å². The average molecular weight is 347 g/mol. The number of imidazole rings is 1. The number of hydrogen-bond donors (Lipinski definition) is 2. The Morgan fingerprint density at radius 3 is 2.88 bits per heavy atom. The highest BCUT2D eigenvalue weighted by molar-refractivity contribution is 5.76. The van der Waals surface area contributed by atoms with Gasteiger partial charge >= 0.3 is 0 Å². The summed E-state index contributed by atoms with van der Waals surface area (Å²) in [7, 11) is 0. The molecule has 4 rings (SSSR count). The number of rotatable bonds is 5. The van der Waals surface area contributed by atoms with Crippen molar-refractivity contribution in [2.45, 2.75) is 19.8 Å². The fourth-order valence-electron chi connectivity index (χ4n) is 2.88. The first-order chi connectivity index (χ1) is 12.6. The summed E-state index contributed by atoms with van der Waals surface area (Å²) in [5.41, 5.74) is 8.23. The smallest absolute Gasteiger partial charge is 0.225 e. The van der Waals surface area contributed by atoms with E-state index in [2.05, 4.69) is 25.0 Å². The maximum absolute atomic E-state index is 11.2. The van der Waals surface area contributed by atoms with Crippen LogP contribution in [0.15, 0.2) is 42.6 Å². The highest BCUT2D eigenvalue weighted by atomic mass is 16.1. The maximum atomic E-state index is 11.2. The molecule has 3 heterocycles. The van der Waals surface area contributed by atoms with Crippen LogP contribution in [-0.4, -0.2) is 35.6 Å². The number of carbonyl (C=O) groups is 1. The molecular formula is C18H17N7O. The zero-order chi connectivity index (χ0) is 18.1. The van der Waals surface area contributed by atoms with E-state index in [0.717, 1.165) is 22.4 Å². The van der Waals surface area contributed by atoms with Gasteiger partial charge in [-0.3, -0.25) is 4.79 Å². The third-order valence-electron chi connectivity index (χ3n) is 3.94. The topological polar surface area (TPSA) is 115 Å². The van der Waals surface area contributed by atoms with Crippen molar-refractivity contribution in [1.29, 1.82) is 0 Å². The van der Waals surface area contributed by atoms with E-state index in [0.29, 0.717) is 23.9 Å². The minimum atomic E-state index is -0.468. The molecule has 1 aromatic carbocycles. The normalized spacial score (nSPS) is 11.1. The highest BCUT2D eigenvalue weighted by Gasteiger charge is 2.15. The number of amides is 1. The lowest BCUT2D eigenvalue weighted by Crippen LogP contribution is -2.14. The molecule has 4 aromatic rings. The first-order valence-corrected chi connectivity index (χ1v) is 8.18. The van der Waals surface area contributed by atoms with Crippen molar-refractivity contribution < 1.29 is 4.79 Å². The molecule has 0 unspecified atom stereocenters. The predicted octanol–water partition coefficient (Wildman–Crippen LogP) is 1.47. The summed E-state index contributed by atoms with van der Waals surface area (Å²) in [6.45, 7) is 1.92. The monoisotopic (exact) mass is 347 g/mol. The molecule has 8 nitrogen and oxygen atoms in total. The fraction of sp³-hybridized carbons (Fsp3) is 0.167. The number of nitrogens with zero attached hydrogens (tertiary/aromatic N) is 5. The summed E-state index contributed by atoms with van der Waals surface area (Å²) in [6.07, 6.45) is 2.22. The van der Waals surface area contributed by atoms with Crippen LogP contribution in [-0.2, 0) is 17.6 Å². The van der Waals surface area contributed by atoms with Crippen LogP contribution < -0.4 is 5.73 Å². The van der Waals surface area contributed by atoms with Gasteiger partial charge in [0.1, 0.15) is 11.6 Å². The number of carbonyl (C=O) groups excluding carboxylic acids is 1. The maximum Gasteiger partial charge on any atom is 0.225 e. The molecule has 0 saturated heterocycles. The number of fused-ring (bicyclic) bond motifs is 1. The Morgan fingerprint density at radius 1 is 1.23 bits per heavy atom. The second-order valence-electron chi connectivity index (χ2n) is 6.04. The van der Waals surface area contributed by atoms with Gasteiger partial charge in [-0.05, 0) is 36.8 Å². The van der Waals surface area contributed by atoms with Crippen molar-refractivity contribution >= 4 is 16.9 Å². The van der Waals surface area contributed by atoms with E-state index in [1.807, 2.05) is 43.3 Å². The van der Waals surface area contributed by atoms with Crippen molar-refractivity contribution in [3.05, 3.63) is 65.6 Å². The van der Waals surface area contributed by atoms with Crippen LogP contribution in [0.5, 0.6) is 0 Å². The molecule has 3 aromatic heterocycles. The SMILES string of the molecule is Cc1nc2ccc(Cc3nc(CC(N)=O)nn3-c3ccccn3)cc2[nH]1. The molecule has 1 amide bonds. The zero-order valence-corrected chi connectivity index (χ0v) is 14.2. The molecule has 0 aliphatic rings. The number of nitrogens with one attached hydrogen (secondary N) is 1.